The molecule has 0 radical (unpaired) electrons. The average Bonchev–Trinajstić information content (AvgIpc) is 3.17. The minimum atomic E-state index is -1.46. The van der Waals surface area contributed by atoms with Crippen LogP contribution in [-0.2, 0) is 20.0 Å². The lowest BCUT2D eigenvalue weighted by Gasteiger charge is -2.51. The Balaban J connectivity index is 1.54. The number of pyridine rings is 1. The van der Waals surface area contributed by atoms with Gasteiger partial charge in [-0.3, -0.25) is 19.3 Å². The molecule has 3 aliphatic heterocycles. The number of aliphatic hydroxyl groups excluding tert-OH is 1. The highest BCUT2D eigenvalue weighted by atomic mass is 32.2. The van der Waals surface area contributed by atoms with Crippen LogP contribution in [-0.4, -0.2) is 72.2 Å². The van der Waals surface area contributed by atoms with E-state index in [4.69, 9.17) is 18.9 Å². The molecule has 4 heterocycles. The third-order valence-electron chi connectivity index (χ3n) is 7.64. The van der Waals surface area contributed by atoms with Gasteiger partial charge in [-0.25, -0.2) is 13.6 Å². The number of carbonyl (C=O) groups excluding carboxylic acids is 2. The van der Waals surface area contributed by atoms with Crippen molar-refractivity contribution in [2.24, 2.45) is 0 Å². The van der Waals surface area contributed by atoms with Crippen LogP contribution in [0, 0.1) is 11.6 Å². The first kappa shape index (κ1) is 29.1. The van der Waals surface area contributed by atoms with Crippen molar-refractivity contribution in [1.29, 1.82) is 0 Å². The molecule has 2 aromatic carbocycles. The molecule has 43 heavy (non-hydrogen) atoms. The van der Waals surface area contributed by atoms with Crippen molar-refractivity contribution in [3.8, 4) is 5.75 Å². The van der Waals surface area contributed by atoms with Crippen molar-refractivity contribution in [2.75, 3.05) is 31.9 Å². The number of aliphatic hydroxyl groups is 1. The summed E-state index contributed by atoms with van der Waals surface area (Å²) in [6.45, 7) is 1.80. The van der Waals surface area contributed by atoms with Crippen LogP contribution in [0.2, 0.25) is 0 Å². The molecule has 1 aromatic heterocycles. The largest absolute Gasteiger partial charge is 0.514 e. The van der Waals surface area contributed by atoms with Gasteiger partial charge >= 0.3 is 6.16 Å². The fourth-order valence-electron chi connectivity index (χ4n) is 5.58. The SMILES string of the molecule is COC(O)[C@H](C)OC(=O)Oc1c2n(ccc1=O)N([C@@H]1c3ccccc3SCc3c1ccc(F)c3F)[C@@H]1COCCN1C2=O. The number of benzene rings is 2. The highest BCUT2D eigenvalue weighted by Crippen LogP contribution is 2.45. The van der Waals surface area contributed by atoms with E-state index in [9.17, 15) is 23.9 Å². The highest BCUT2D eigenvalue weighted by molar-refractivity contribution is 7.98. The Kier molecular flexibility index (Phi) is 7.85. The van der Waals surface area contributed by atoms with E-state index in [1.54, 1.807) is 5.01 Å². The number of morpholine rings is 1. The van der Waals surface area contributed by atoms with Gasteiger partial charge in [-0.1, -0.05) is 24.3 Å². The second-order valence-corrected chi connectivity index (χ2v) is 11.1. The molecule has 0 aliphatic carbocycles. The summed E-state index contributed by atoms with van der Waals surface area (Å²) in [5, 5.41) is 11.6. The molecule has 1 amide bonds. The van der Waals surface area contributed by atoms with E-state index in [0.29, 0.717) is 5.56 Å². The van der Waals surface area contributed by atoms with Gasteiger partial charge in [0.2, 0.25) is 11.2 Å². The zero-order valence-corrected chi connectivity index (χ0v) is 23.9. The third kappa shape index (κ3) is 5.03. The predicted octanol–water partition coefficient (Wildman–Crippen LogP) is 3.14. The van der Waals surface area contributed by atoms with Gasteiger partial charge in [0.15, 0.2) is 29.7 Å². The smallest absolute Gasteiger partial charge is 0.426 e. The summed E-state index contributed by atoms with van der Waals surface area (Å²) in [6.07, 6.45) is -3.30. The van der Waals surface area contributed by atoms with Crippen molar-refractivity contribution >= 4 is 23.8 Å². The lowest BCUT2D eigenvalue weighted by Crippen LogP contribution is -2.66. The van der Waals surface area contributed by atoms with E-state index in [-0.39, 0.29) is 36.8 Å². The minimum absolute atomic E-state index is 0.0762. The molecule has 3 aromatic rings. The van der Waals surface area contributed by atoms with Gasteiger partial charge in [-0.2, -0.15) is 0 Å². The number of methoxy groups -OCH3 is 1. The molecule has 1 unspecified atom stereocenters. The van der Waals surface area contributed by atoms with Crippen molar-refractivity contribution in [3.05, 3.63) is 92.9 Å². The number of amides is 1. The molecule has 11 nitrogen and oxygen atoms in total. The Morgan fingerprint density at radius 1 is 1.14 bits per heavy atom. The van der Waals surface area contributed by atoms with Crippen molar-refractivity contribution < 1.29 is 42.4 Å². The summed E-state index contributed by atoms with van der Waals surface area (Å²) in [7, 11) is 1.21. The van der Waals surface area contributed by atoms with Crippen LogP contribution < -0.4 is 15.2 Å². The van der Waals surface area contributed by atoms with Gasteiger partial charge in [-0.15, -0.1) is 11.8 Å². The summed E-state index contributed by atoms with van der Waals surface area (Å²) >= 11 is 1.36. The number of rotatable bonds is 5. The van der Waals surface area contributed by atoms with Gasteiger partial charge < -0.3 is 29.0 Å². The van der Waals surface area contributed by atoms with Crippen LogP contribution in [0.4, 0.5) is 13.6 Å². The van der Waals surface area contributed by atoms with Crippen LogP contribution >= 0.6 is 11.8 Å². The molecule has 0 saturated carbocycles. The Hall–Kier alpha value is -3.98. The van der Waals surface area contributed by atoms with Crippen molar-refractivity contribution in [1.82, 2.24) is 9.58 Å². The molecule has 0 bridgehead atoms. The number of hydrogen-bond donors (Lipinski definition) is 1. The van der Waals surface area contributed by atoms with E-state index in [2.05, 4.69) is 0 Å². The molecule has 1 saturated heterocycles. The van der Waals surface area contributed by atoms with E-state index >= 15 is 4.39 Å². The van der Waals surface area contributed by atoms with Gasteiger partial charge in [-0.05, 0) is 30.2 Å². The maximum absolute atomic E-state index is 15.3. The Labute approximate surface area is 248 Å². The summed E-state index contributed by atoms with van der Waals surface area (Å²) in [6, 6.07) is 10.3. The molecule has 3 aliphatic rings. The maximum atomic E-state index is 15.3. The second-order valence-electron chi connectivity index (χ2n) is 10.1. The molecule has 6 rings (SSSR count). The first-order valence-corrected chi connectivity index (χ1v) is 14.4. The van der Waals surface area contributed by atoms with Crippen molar-refractivity contribution in [3.63, 3.8) is 0 Å². The van der Waals surface area contributed by atoms with Gasteiger partial charge in [0, 0.05) is 42.1 Å². The topological polar surface area (TPSA) is 120 Å². The number of fused-ring (bicyclic) bond motifs is 4. The Morgan fingerprint density at radius 3 is 2.72 bits per heavy atom. The second kappa shape index (κ2) is 11.6. The number of halogens is 2. The molecule has 1 fully saturated rings. The Bertz CT molecular complexity index is 1650. The zero-order valence-electron chi connectivity index (χ0n) is 23.1. The summed E-state index contributed by atoms with van der Waals surface area (Å²) < 4.78 is 52.1. The number of thioether (sulfide) groups is 1. The number of ether oxygens (including phenoxy) is 4. The van der Waals surface area contributed by atoms with E-state index in [1.807, 2.05) is 24.3 Å². The zero-order chi connectivity index (χ0) is 30.4. The van der Waals surface area contributed by atoms with E-state index in [1.165, 1.54) is 47.6 Å². The summed E-state index contributed by atoms with van der Waals surface area (Å²) in [4.78, 5) is 42.1. The molecular formula is C29H27F2N3O8S. The van der Waals surface area contributed by atoms with E-state index in [0.717, 1.165) is 22.6 Å². The monoisotopic (exact) mass is 615 g/mol. The fourth-order valence-corrected chi connectivity index (χ4v) is 6.69. The van der Waals surface area contributed by atoms with Crippen LogP contribution in [0.15, 0.2) is 58.4 Å². The van der Waals surface area contributed by atoms with Gasteiger partial charge in [0.1, 0.15) is 6.17 Å². The third-order valence-corrected chi connectivity index (χ3v) is 8.76. The van der Waals surface area contributed by atoms with Gasteiger partial charge in [0.25, 0.3) is 5.91 Å². The number of aromatic nitrogens is 1. The van der Waals surface area contributed by atoms with Crippen molar-refractivity contribution in [2.45, 2.75) is 42.2 Å². The lowest BCUT2D eigenvalue weighted by molar-refractivity contribution is -0.143. The molecule has 14 heteroatoms. The number of nitrogens with zero attached hydrogens (tertiary/aromatic N) is 3. The van der Waals surface area contributed by atoms with E-state index < -0.39 is 59.5 Å². The standard InChI is InChI=1S/C29H27F2N3O8S/c1-15(28(37)39-2)41-29(38)42-26-20(35)9-10-33-25(26)27(36)32-11-12-40-13-22(32)34(33)24-16-7-8-19(30)23(31)18(16)14-43-21-6-4-3-5-17(21)24/h3-10,15,22,24,28,37H,11-14H2,1-2H3/t15-,22+,24-,28?/m0/s1. The van der Waals surface area contributed by atoms with Gasteiger partial charge in [0.05, 0.1) is 19.3 Å². The predicted molar refractivity (Wildman–Crippen MR) is 148 cm³/mol. The van der Waals surface area contributed by atoms with Crippen LogP contribution in [0.1, 0.15) is 40.1 Å². The first-order chi connectivity index (χ1) is 20.7. The lowest BCUT2D eigenvalue weighted by atomic mass is 9.93. The van der Waals surface area contributed by atoms with Crippen LogP contribution in [0.5, 0.6) is 5.75 Å². The molecule has 1 N–H and O–H groups in total. The number of carbonyl (C=O) groups is 2. The first-order valence-electron chi connectivity index (χ1n) is 13.4. The molecular weight excluding hydrogens is 588 g/mol. The number of hydrogen-bond acceptors (Lipinski definition) is 10. The molecule has 0 spiro atoms. The Morgan fingerprint density at radius 2 is 1.93 bits per heavy atom. The summed E-state index contributed by atoms with van der Waals surface area (Å²) in [5.74, 6) is -2.98. The highest BCUT2D eigenvalue weighted by Gasteiger charge is 2.46. The quantitative estimate of drug-likeness (QED) is 0.339. The fraction of sp³-hybridized carbons (Fsp3) is 0.345. The van der Waals surface area contributed by atoms with Crippen LogP contribution in [0.25, 0.3) is 0 Å². The summed E-state index contributed by atoms with van der Waals surface area (Å²) in [5.41, 5.74) is 0.352. The maximum Gasteiger partial charge on any atom is 0.514 e. The minimum Gasteiger partial charge on any atom is -0.426 e. The van der Waals surface area contributed by atoms with Crippen LogP contribution in [0.3, 0.4) is 0 Å². The normalized spacial score (nSPS) is 20.6. The average molecular weight is 616 g/mol. The molecule has 226 valence electrons. The molecule has 4 atom stereocenters.